The van der Waals surface area contributed by atoms with Crippen molar-refractivity contribution in [2.45, 2.75) is 39.7 Å². The van der Waals surface area contributed by atoms with Gasteiger partial charge in [-0.25, -0.2) is 0 Å². The van der Waals surface area contributed by atoms with Crippen molar-refractivity contribution < 1.29 is 0 Å². The molecule has 3 nitrogen and oxygen atoms in total. The summed E-state index contributed by atoms with van der Waals surface area (Å²) in [5.41, 5.74) is 2.35. The molecule has 0 spiro atoms. The fraction of sp³-hybridized carbons (Fsp3) is 0.700. The Morgan fingerprint density at radius 2 is 2.31 bits per heavy atom. The van der Waals surface area contributed by atoms with Crippen molar-refractivity contribution in [3.63, 3.8) is 0 Å². The molecule has 1 rings (SSSR count). The van der Waals surface area contributed by atoms with E-state index < -0.39 is 0 Å². The second kappa shape index (κ2) is 4.30. The Labute approximate surface area is 80.1 Å². The molecule has 13 heavy (non-hydrogen) atoms. The van der Waals surface area contributed by atoms with Crippen molar-refractivity contribution in [3.8, 4) is 0 Å². The molecule has 0 amide bonds. The average molecular weight is 181 g/mol. The van der Waals surface area contributed by atoms with E-state index in [-0.39, 0.29) is 0 Å². The van der Waals surface area contributed by atoms with E-state index in [9.17, 15) is 0 Å². The van der Waals surface area contributed by atoms with Gasteiger partial charge in [-0.1, -0.05) is 13.3 Å². The number of hydrogen-bond donors (Lipinski definition) is 1. The minimum atomic E-state index is 0.535. The van der Waals surface area contributed by atoms with Crippen LogP contribution in [0.4, 0.5) is 5.69 Å². The first-order valence-corrected chi connectivity index (χ1v) is 4.90. The zero-order chi connectivity index (χ0) is 9.84. The Morgan fingerprint density at radius 3 is 2.77 bits per heavy atom. The van der Waals surface area contributed by atoms with E-state index in [0.29, 0.717) is 6.04 Å². The maximum Gasteiger partial charge on any atom is 0.0758 e. The van der Waals surface area contributed by atoms with E-state index in [1.54, 1.807) is 0 Å². The molecule has 74 valence electrons. The third-order valence-electron chi connectivity index (χ3n) is 2.36. The first kappa shape index (κ1) is 10.1. The summed E-state index contributed by atoms with van der Waals surface area (Å²) in [5, 5.41) is 7.63. The molecule has 3 heteroatoms. The van der Waals surface area contributed by atoms with Gasteiger partial charge in [0.2, 0.25) is 0 Å². The molecule has 0 saturated carbocycles. The highest BCUT2D eigenvalue weighted by Crippen LogP contribution is 2.14. The molecule has 1 unspecified atom stereocenters. The zero-order valence-corrected chi connectivity index (χ0v) is 8.96. The largest absolute Gasteiger partial charge is 0.380 e. The van der Waals surface area contributed by atoms with Gasteiger partial charge in [-0.15, -0.1) is 0 Å². The van der Waals surface area contributed by atoms with Crippen molar-refractivity contribution in [1.82, 2.24) is 9.78 Å². The summed E-state index contributed by atoms with van der Waals surface area (Å²) in [5.74, 6) is 0. The third kappa shape index (κ3) is 2.47. The lowest BCUT2D eigenvalue weighted by molar-refractivity contribution is 0.688. The van der Waals surface area contributed by atoms with Gasteiger partial charge in [-0.2, -0.15) is 5.10 Å². The van der Waals surface area contributed by atoms with Crippen LogP contribution in [0.1, 0.15) is 32.4 Å². The van der Waals surface area contributed by atoms with Crippen LogP contribution in [0.3, 0.4) is 0 Å². The lowest BCUT2D eigenvalue weighted by atomic mass is 10.2. The number of aryl methyl sites for hydroxylation is 1. The van der Waals surface area contributed by atoms with Crippen LogP contribution >= 0.6 is 0 Å². The van der Waals surface area contributed by atoms with Crippen LogP contribution in [-0.4, -0.2) is 15.8 Å². The van der Waals surface area contributed by atoms with Gasteiger partial charge in [0.15, 0.2) is 0 Å². The minimum absolute atomic E-state index is 0.535. The number of anilines is 1. The second-order valence-electron chi connectivity index (χ2n) is 3.60. The fourth-order valence-electron chi connectivity index (χ4n) is 1.41. The summed E-state index contributed by atoms with van der Waals surface area (Å²) in [6, 6.07) is 0.535. The van der Waals surface area contributed by atoms with E-state index in [4.69, 9.17) is 0 Å². The maximum absolute atomic E-state index is 4.18. The summed E-state index contributed by atoms with van der Waals surface area (Å²) in [6.07, 6.45) is 4.31. The monoisotopic (exact) mass is 181 g/mol. The van der Waals surface area contributed by atoms with E-state index >= 15 is 0 Å². The van der Waals surface area contributed by atoms with Crippen LogP contribution in [0.2, 0.25) is 0 Å². The predicted molar refractivity (Wildman–Crippen MR) is 55.9 cm³/mol. The molecule has 1 aromatic heterocycles. The predicted octanol–water partition coefficient (Wildman–Crippen LogP) is 2.33. The van der Waals surface area contributed by atoms with Crippen molar-refractivity contribution >= 4 is 5.69 Å². The Balaban J connectivity index is 2.58. The van der Waals surface area contributed by atoms with Crippen molar-refractivity contribution in [3.05, 3.63) is 11.9 Å². The Bertz CT molecular complexity index is 265. The molecule has 1 atom stereocenters. The summed E-state index contributed by atoms with van der Waals surface area (Å²) in [7, 11) is 1.96. The first-order valence-electron chi connectivity index (χ1n) is 4.90. The minimum Gasteiger partial charge on any atom is -0.380 e. The lowest BCUT2D eigenvalue weighted by Crippen LogP contribution is -2.14. The standard InChI is InChI=1S/C10H19N3/c1-5-6-8(2)12-10-7-11-13(4)9(10)3/h7-8,12H,5-6H2,1-4H3. The summed E-state index contributed by atoms with van der Waals surface area (Å²) in [4.78, 5) is 0. The Kier molecular flexibility index (Phi) is 3.34. The quantitative estimate of drug-likeness (QED) is 0.772. The molecule has 0 radical (unpaired) electrons. The number of rotatable bonds is 4. The molecule has 0 fully saturated rings. The topological polar surface area (TPSA) is 29.9 Å². The highest BCUT2D eigenvalue weighted by Gasteiger charge is 2.05. The number of aromatic nitrogens is 2. The third-order valence-corrected chi connectivity index (χ3v) is 2.36. The summed E-state index contributed by atoms with van der Waals surface area (Å²) < 4.78 is 1.89. The van der Waals surface area contributed by atoms with Gasteiger partial charge < -0.3 is 5.32 Å². The molecule has 1 N–H and O–H groups in total. The number of nitrogens with zero attached hydrogens (tertiary/aromatic N) is 2. The van der Waals surface area contributed by atoms with Gasteiger partial charge in [-0.3, -0.25) is 4.68 Å². The van der Waals surface area contributed by atoms with Crippen molar-refractivity contribution in [2.24, 2.45) is 7.05 Å². The molecular formula is C10H19N3. The first-order chi connectivity index (χ1) is 6.15. The maximum atomic E-state index is 4.18. The fourth-order valence-corrected chi connectivity index (χ4v) is 1.41. The zero-order valence-electron chi connectivity index (χ0n) is 8.96. The average Bonchev–Trinajstić information content (AvgIpc) is 2.37. The molecule has 1 heterocycles. The van der Waals surface area contributed by atoms with Crippen LogP contribution in [0.5, 0.6) is 0 Å². The van der Waals surface area contributed by atoms with Crippen LogP contribution in [-0.2, 0) is 7.05 Å². The Morgan fingerprint density at radius 1 is 1.62 bits per heavy atom. The van der Waals surface area contributed by atoms with Gasteiger partial charge in [-0.05, 0) is 20.3 Å². The van der Waals surface area contributed by atoms with Crippen LogP contribution in [0.25, 0.3) is 0 Å². The van der Waals surface area contributed by atoms with Crippen LogP contribution < -0.4 is 5.32 Å². The molecule has 0 saturated heterocycles. The molecule has 0 aliphatic carbocycles. The number of hydrogen-bond acceptors (Lipinski definition) is 2. The molecule has 0 aliphatic heterocycles. The molecule has 1 aromatic rings. The SMILES string of the molecule is CCCC(C)Nc1cnn(C)c1C. The van der Waals surface area contributed by atoms with Gasteiger partial charge in [0.1, 0.15) is 0 Å². The highest BCUT2D eigenvalue weighted by molar-refractivity contribution is 5.46. The highest BCUT2D eigenvalue weighted by atomic mass is 15.3. The van der Waals surface area contributed by atoms with Crippen LogP contribution in [0, 0.1) is 6.92 Å². The molecule has 0 bridgehead atoms. The van der Waals surface area contributed by atoms with Gasteiger partial charge >= 0.3 is 0 Å². The van der Waals surface area contributed by atoms with Gasteiger partial charge in [0, 0.05) is 13.1 Å². The van der Waals surface area contributed by atoms with E-state index in [0.717, 1.165) is 5.69 Å². The molecule has 0 aliphatic rings. The van der Waals surface area contributed by atoms with E-state index in [1.807, 2.05) is 17.9 Å². The van der Waals surface area contributed by atoms with Crippen LogP contribution in [0.15, 0.2) is 6.20 Å². The summed E-state index contributed by atoms with van der Waals surface area (Å²) in [6.45, 7) is 6.48. The van der Waals surface area contributed by atoms with E-state index in [2.05, 4.69) is 31.2 Å². The Hall–Kier alpha value is -0.990. The molecular weight excluding hydrogens is 162 g/mol. The second-order valence-corrected chi connectivity index (χ2v) is 3.60. The normalized spacial score (nSPS) is 12.9. The lowest BCUT2D eigenvalue weighted by Gasteiger charge is -2.13. The van der Waals surface area contributed by atoms with Gasteiger partial charge in [0.05, 0.1) is 17.6 Å². The number of nitrogens with one attached hydrogen (secondary N) is 1. The van der Waals surface area contributed by atoms with Crippen molar-refractivity contribution in [2.75, 3.05) is 5.32 Å². The van der Waals surface area contributed by atoms with E-state index in [1.165, 1.54) is 18.5 Å². The van der Waals surface area contributed by atoms with Gasteiger partial charge in [0.25, 0.3) is 0 Å². The summed E-state index contributed by atoms with van der Waals surface area (Å²) >= 11 is 0. The van der Waals surface area contributed by atoms with Crippen molar-refractivity contribution in [1.29, 1.82) is 0 Å². The molecule has 0 aromatic carbocycles. The smallest absolute Gasteiger partial charge is 0.0758 e.